The van der Waals surface area contributed by atoms with Gasteiger partial charge in [-0.25, -0.2) is 9.59 Å². The standard InChI is InChI=1S/C20H24O4/c1-19(2,3)23-17(21)14-9-7-13-8-10-15(12-16(13)11-14)18(22)24-20(4,5)6/h7-12H,1-6H3. The summed E-state index contributed by atoms with van der Waals surface area (Å²) in [6.45, 7) is 11.0. The minimum atomic E-state index is -0.551. The highest BCUT2D eigenvalue weighted by Crippen LogP contribution is 2.21. The van der Waals surface area contributed by atoms with Crippen molar-refractivity contribution in [3.8, 4) is 0 Å². The molecule has 2 aromatic rings. The van der Waals surface area contributed by atoms with Crippen molar-refractivity contribution >= 4 is 22.7 Å². The molecule has 4 heteroatoms. The number of hydrogen-bond acceptors (Lipinski definition) is 4. The van der Waals surface area contributed by atoms with E-state index in [2.05, 4.69) is 0 Å². The normalized spacial score (nSPS) is 12.1. The summed E-state index contributed by atoms with van der Waals surface area (Å²) >= 11 is 0. The Morgan fingerprint density at radius 1 is 0.667 bits per heavy atom. The van der Waals surface area contributed by atoms with Crippen molar-refractivity contribution in [1.29, 1.82) is 0 Å². The summed E-state index contributed by atoms with van der Waals surface area (Å²) in [5.41, 5.74) is -0.188. The quantitative estimate of drug-likeness (QED) is 0.747. The second-order valence-corrected chi connectivity index (χ2v) is 7.78. The van der Waals surface area contributed by atoms with E-state index in [1.807, 2.05) is 53.7 Å². The molecule has 0 atom stereocenters. The number of hydrogen-bond donors (Lipinski definition) is 0. The minimum Gasteiger partial charge on any atom is -0.456 e. The molecule has 0 aliphatic carbocycles. The van der Waals surface area contributed by atoms with Crippen LogP contribution in [-0.2, 0) is 9.47 Å². The fourth-order valence-electron chi connectivity index (χ4n) is 2.17. The summed E-state index contributed by atoms with van der Waals surface area (Å²) in [4.78, 5) is 24.4. The van der Waals surface area contributed by atoms with Gasteiger partial charge in [0.25, 0.3) is 0 Å². The number of benzene rings is 2. The van der Waals surface area contributed by atoms with E-state index >= 15 is 0 Å². The maximum absolute atomic E-state index is 12.2. The SMILES string of the molecule is CC(C)(C)OC(=O)c1ccc2ccc(C(=O)OC(C)(C)C)cc2c1. The second-order valence-electron chi connectivity index (χ2n) is 7.78. The van der Waals surface area contributed by atoms with Crippen LogP contribution in [0.4, 0.5) is 0 Å². The number of ether oxygens (including phenoxy) is 2. The van der Waals surface area contributed by atoms with E-state index in [9.17, 15) is 9.59 Å². The molecule has 4 nitrogen and oxygen atoms in total. The van der Waals surface area contributed by atoms with Crippen molar-refractivity contribution < 1.29 is 19.1 Å². The zero-order chi connectivity index (χ0) is 18.1. The lowest BCUT2D eigenvalue weighted by molar-refractivity contribution is 0.00578. The van der Waals surface area contributed by atoms with Crippen LogP contribution >= 0.6 is 0 Å². The monoisotopic (exact) mass is 328 g/mol. The van der Waals surface area contributed by atoms with Gasteiger partial charge in [-0.2, -0.15) is 0 Å². The molecule has 0 heterocycles. The van der Waals surface area contributed by atoms with Gasteiger partial charge in [0.1, 0.15) is 11.2 Å². The predicted octanol–water partition coefficient (Wildman–Crippen LogP) is 4.75. The van der Waals surface area contributed by atoms with Gasteiger partial charge >= 0.3 is 11.9 Å². The van der Waals surface area contributed by atoms with Crippen LogP contribution in [0.3, 0.4) is 0 Å². The molecule has 0 aliphatic heterocycles. The third kappa shape index (κ3) is 4.82. The Morgan fingerprint density at radius 3 is 1.38 bits per heavy atom. The molecule has 0 N–H and O–H groups in total. The van der Waals surface area contributed by atoms with Gasteiger partial charge < -0.3 is 9.47 Å². The molecule has 0 bridgehead atoms. The Morgan fingerprint density at radius 2 is 1.04 bits per heavy atom. The van der Waals surface area contributed by atoms with Crippen LogP contribution in [0.5, 0.6) is 0 Å². The first-order valence-electron chi connectivity index (χ1n) is 7.95. The lowest BCUT2D eigenvalue weighted by atomic mass is 10.0. The Bertz CT molecular complexity index is 714. The maximum Gasteiger partial charge on any atom is 0.338 e. The molecule has 0 aromatic heterocycles. The van der Waals surface area contributed by atoms with E-state index in [0.717, 1.165) is 10.8 Å². The molecule has 0 amide bonds. The fraction of sp³-hybridized carbons (Fsp3) is 0.400. The van der Waals surface area contributed by atoms with Crippen molar-refractivity contribution in [2.45, 2.75) is 52.7 Å². The van der Waals surface area contributed by atoms with E-state index in [0.29, 0.717) is 11.1 Å². The van der Waals surface area contributed by atoms with Crippen LogP contribution in [0.2, 0.25) is 0 Å². The predicted molar refractivity (Wildman–Crippen MR) is 94.3 cm³/mol. The Hall–Kier alpha value is -2.36. The number of esters is 2. The number of rotatable bonds is 2. The van der Waals surface area contributed by atoms with E-state index in [4.69, 9.17) is 9.47 Å². The molecule has 0 unspecified atom stereocenters. The molecule has 0 radical (unpaired) electrons. The van der Waals surface area contributed by atoms with E-state index in [1.165, 1.54) is 0 Å². The fourth-order valence-corrected chi connectivity index (χ4v) is 2.17. The molecule has 128 valence electrons. The lowest BCUT2D eigenvalue weighted by Crippen LogP contribution is -2.24. The number of carbonyl (C=O) groups is 2. The highest BCUT2D eigenvalue weighted by atomic mass is 16.6. The molecule has 2 rings (SSSR count). The summed E-state index contributed by atoms with van der Waals surface area (Å²) < 4.78 is 10.8. The summed E-state index contributed by atoms with van der Waals surface area (Å²) in [7, 11) is 0. The van der Waals surface area contributed by atoms with Crippen LogP contribution in [0.1, 0.15) is 62.3 Å². The summed E-state index contributed by atoms with van der Waals surface area (Å²) in [5.74, 6) is -0.765. The zero-order valence-corrected chi connectivity index (χ0v) is 15.1. The molecule has 0 saturated heterocycles. The van der Waals surface area contributed by atoms with E-state index < -0.39 is 11.2 Å². The van der Waals surface area contributed by atoms with Gasteiger partial charge in [0.05, 0.1) is 11.1 Å². The Kier molecular flexibility index (Phi) is 4.70. The first kappa shape index (κ1) is 18.0. The van der Waals surface area contributed by atoms with Gasteiger partial charge in [-0.3, -0.25) is 0 Å². The van der Waals surface area contributed by atoms with Crippen LogP contribution in [0.15, 0.2) is 36.4 Å². The Balaban J connectivity index is 2.34. The third-order valence-electron chi connectivity index (χ3n) is 3.11. The van der Waals surface area contributed by atoms with Crippen molar-refractivity contribution in [2.75, 3.05) is 0 Å². The molecule has 24 heavy (non-hydrogen) atoms. The smallest absolute Gasteiger partial charge is 0.338 e. The van der Waals surface area contributed by atoms with Gasteiger partial charge in [-0.15, -0.1) is 0 Å². The second kappa shape index (κ2) is 6.27. The highest BCUT2D eigenvalue weighted by molar-refractivity contribution is 5.99. The van der Waals surface area contributed by atoms with Crippen molar-refractivity contribution in [2.24, 2.45) is 0 Å². The molecule has 0 spiro atoms. The zero-order valence-electron chi connectivity index (χ0n) is 15.1. The van der Waals surface area contributed by atoms with E-state index in [-0.39, 0.29) is 11.9 Å². The first-order valence-corrected chi connectivity index (χ1v) is 7.95. The summed E-state index contributed by atoms with van der Waals surface area (Å²) in [6, 6.07) is 10.6. The van der Waals surface area contributed by atoms with Gasteiger partial charge in [-0.1, -0.05) is 12.1 Å². The van der Waals surface area contributed by atoms with Gasteiger partial charge in [0.2, 0.25) is 0 Å². The number of fused-ring (bicyclic) bond motifs is 1. The minimum absolute atomic E-state index is 0.382. The van der Waals surface area contributed by atoms with Crippen molar-refractivity contribution in [3.63, 3.8) is 0 Å². The average molecular weight is 328 g/mol. The van der Waals surface area contributed by atoms with Crippen molar-refractivity contribution in [1.82, 2.24) is 0 Å². The third-order valence-corrected chi connectivity index (χ3v) is 3.11. The van der Waals surface area contributed by atoms with Crippen LogP contribution < -0.4 is 0 Å². The molecule has 0 saturated carbocycles. The van der Waals surface area contributed by atoms with Gasteiger partial charge in [0.15, 0.2) is 0 Å². The molecule has 0 aliphatic rings. The molecule has 0 fully saturated rings. The van der Waals surface area contributed by atoms with Gasteiger partial charge in [-0.05, 0) is 76.6 Å². The van der Waals surface area contributed by atoms with Crippen LogP contribution in [0.25, 0.3) is 10.8 Å². The average Bonchev–Trinajstić information content (AvgIpc) is 2.42. The number of carbonyl (C=O) groups excluding carboxylic acids is 2. The lowest BCUT2D eigenvalue weighted by Gasteiger charge is -2.20. The van der Waals surface area contributed by atoms with E-state index in [1.54, 1.807) is 24.3 Å². The van der Waals surface area contributed by atoms with Crippen molar-refractivity contribution in [3.05, 3.63) is 47.5 Å². The summed E-state index contributed by atoms with van der Waals surface area (Å²) in [5, 5.41) is 1.73. The topological polar surface area (TPSA) is 52.6 Å². The van der Waals surface area contributed by atoms with Gasteiger partial charge in [0, 0.05) is 0 Å². The van der Waals surface area contributed by atoms with Crippen LogP contribution in [-0.4, -0.2) is 23.1 Å². The molecular weight excluding hydrogens is 304 g/mol. The summed E-state index contributed by atoms with van der Waals surface area (Å²) in [6.07, 6.45) is 0. The first-order chi connectivity index (χ1) is 10.9. The highest BCUT2D eigenvalue weighted by Gasteiger charge is 2.20. The largest absolute Gasteiger partial charge is 0.456 e. The molecule has 2 aromatic carbocycles. The Labute approximate surface area is 142 Å². The van der Waals surface area contributed by atoms with Crippen LogP contribution in [0, 0.1) is 0 Å². The molecular formula is C20H24O4. The maximum atomic E-state index is 12.2.